The molecule has 0 bridgehead atoms. The molecule has 2 rings (SSSR count). The van der Waals surface area contributed by atoms with Crippen LogP contribution in [0, 0.1) is 10.1 Å². The van der Waals surface area contributed by atoms with Crippen molar-refractivity contribution in [3.05, 3.63) is 69.8 Å². The summed E-state index contributed by atoms with van der Waals surface area (Å²) >= 11 is 4.95. The van der Waals surface area contributed by atoms with E-state index in [1.807, 2.05) is 0 Å². The first-order valence-corrected chi connectivity index (χ1v) is 7.00. The zero-order valence-corrected chi connectivity index (χ0v) is 12.8. The summed E-state index contributed by atoms with van der Waals surface area (Å²) < 4.78 is 0. The van der Waals surface area contributed by atoms with E-state index in [1.54, 1.807) is 36.4 Å². The summed E-state index contributed by atoms with van der Waals surface area (Å²) in [6.45, 7) is 0.261. The number of phenolic OH excluding ortho intramolecular Hbond substituents is 1. The van der Waals surface area contributed by atoms with Crippen molar-refractivity contribution < 1.29 is 10.0 Å². The molecule has 0 atom stereocenters. The van der Waals surface area contributed by atoms with E-state index in [1.165, 1.54) is 23.4 Å². The molecular formula is C15H14N4O3S. The third kappa shape index (κ3) is 4.48. The topological polar surface area (TPSA) is 105 Å². The third-order valence-corrected chi connectivity index (χ3v) is 3.22. The third-order valence-electron chi connectivity index (χ3n) is 3.01. The van der Waals surface area contributed by atoms with Gasteiger partial charge < -0.3 is 10.8 Å². The molecule has 118 valence electrons. The zero-order valence-electron chi connectivity index (χ0n) is 12.0. The molecule has 0 unspecified atom stereocenters. The van der Waals surface area contributed by atoms with E-state index in [-0.39, 0.29) is 23.1 Å². The number of non-ortho nitro benzene ring substituents is 1. The van der Waals surface area contributed by atoms with Crippen LogP contribution in [-0.4, -0.2) is 26.4 Å². The van der Waals surface area contributed by atoms with Crippen LogP contribution < -0.4 is 5.73 Å². The number of thiocarbonyl (C=S) groups is 1. The molecule has 7 nitrogen and oxygen atoms in total. The van der Waals surface area contributed by atoms with Crippen molar-refractivity contribution >= 4 is 29.2 Å². The fourth-order valence-corrected chi connectivity index (χ4v) is 1.91. The van der Waals surface area contributed by atoms with Crippen molar-refractivity contribution in [1.29, 1.82) is 0 Å². The van der Waals surface area contributed by atoms with Gasteiger partial charge in [0, 0.05) is 17.7 Å². The highest BCUT2D eigenvalue weighted by Gasteiger charge is 2.09. The quantitative estimate of drug-likeness (QED) is 0.377. The van der Waals surface area contributed by atoms with Crippen molar-refractivity contribution in [1.82, 2.24) is 5.01 Å². The first-order valence-electron chi connectivity index (χ1n) is 6.59. The molecule has 0 aromatic heterocycles. The van der Waals surface area contributed by atoms with Gasteiger partial charge in [-0.15, -0.1) is 0 Å². The number of benzene rings is 2. The number of phenols is 1. The van der Waals surface area contributed by atoms with Crippen molar-refractivity contribution in [3.63, 3.8) is 0 Å². The Hall–Kier alpha value is -3.00. The van der Waals surface area contributed by atoms with E-state index in [2.05, 4.69) is 5.10 Å². The van der Waals surface area contributed by atoms with Gasteiger partial charge in [-0.3, -0.25) is 10.1 Å². The van der Waals surface area contributed by atoms with Crippen LogP contribution in [0.1, 0.15) is 11.1 Å². The zero-order chi connectivity index (χ0) is 16.8. The summed E-state index contributed by atoms with van der Waals surface area (Å²) in [6, 6.07) is 12.7. The second kappa shape index (κ2) is 7.32. The summed E-state index contributed by atoms with van der Waals surface area (Å²) in [5.41, 5.74) is 6.93. The average molecular weight is 330 g/mol. The van der Waals surface area contributed by atoms with Crippen LogP contribution in [0.15, 0.2) is 53.6 Å². The van der Waals surface area contributed by atoms with Crippen LogP contribution in [-0.2, 0) is 6.54 Å². The molecule has 0 spiro atoms. The minimum Gasteiger partial charge on any atom is -0.507 e. The first kappa shape index (κ1) is 16.4. The Bertz CT molecular complexity index is 747. The maximum Gasteiger partial charge on any atom is 0.269 e. The Kier molecular flexibility index (Phi) is 5.21. The summed E-state index contributed by atoms with van der Waals surface area (Å²) in [7, 11) is 0. The monoisotopic (exact) mass is 330 g/mol. The van der Waals surface area contributed by atoms with Crippen LogP contribution in [0.4, 0.5) is 5.69 Å². The molecule has 0 saturated carbocycles. The van der Waals surface area contributed by atoms with Gasteiger partial charge in [-0.05, 0) is 29.9 Å². The molecule has 8 heteroatoms. The Morgan fingerprint density at radius 1 is 1.30 bits per heavy atom. The van der Waals surface area contributed by atoms with Crippen molar-refractivity contribution in [2.24, 2.45) is 10.8 Å². The van der Waals surface area contributed by atoms with Gasteiger partial charge in [-0.2, -0.15) is 5.10 Å². The van der Waals surface area contributed by atoms with Crippen LogP contribution in [0.3, 0.4) is 0 Å². The Morgan fingerprint density at radius 2 is 1.96 bits per heavy atom. The first-order chi connectivity index (χ1) is 11.0. The molecule has 0 aliphatic heterocycles. The van der Waals surface area contributed by atoms with Crippen LogP contribution in [0.2, 0.25) is 0 Å². The molecule has 23 heavy (non-hydrogen) atoms. The summed E-state index contributed by atoms with van der Waals surface area (Å²) in [5, 5.41) is 25.9. The number of nitro groups is 1. The van der Waals surface area contributed by atoms with Gasteiger partial charge >= 0.3 is 0 Å². The maximum absolute atomic E-state index is 10.6. The smallest absolute Gasteiger partial charge is 0.269 e. The van der Waals surface area contributed by atoms with E-state index < -0.39 is 4.92 Å². The molecule has 0 heterocycles. The average Bonchev–Trinajstić information content (AvgIpc) is 2.53. The summed E-state index contributed by atoms with van der Waals surface area (Å²) in [4.78, 5) is 10.2. The fourth-order valence-electron chi connectivity index (χ4n) is 1.80. The molecule has 0 amide bonds. The largest absolute Gasteiger partial charge is 0.507 e. The number of hydrogen-bond donors (Lipinski definition) is 2. The van der Waals surface area contributed by atoms with Crippen LogP contribution in [0.25, 0.3) is 0 Å². The van der Waals surface area contributed by atoms with E-state index >= 15 is 0 Å². The Labute approximate surface area is 137 Å². The molecule has 0 radical (unpaired) electrons. The lowest BCUT2D eigenvalue weighted by molar-refractivity contribution is -0.384. The number of aromatic hydroxyl groups is 1. The van der Waals surface area contributed by atoms with Gasteiger partial charge in [0.15, 0.2) is 5.11 Å². The number of rotatable bonds is 5. The molecule has 0 aliphatic carbocycles. The predicted molar refractivity (Wildman–Crippen MR) is 91.1 cm³/mol. The number of nitro benzene ring substituents is 1. The van der Waals surface area contributed by atoms with Crippen molar-refractivity contribution in [2.75, 3.05) is 0 Å². The predicted octanol–water partition coefficient (Wildman–Crippen LogP) is 2.38. The van der Waals surface area contributed by atoms with Gasteiger partial charge in [0.1, 0.15) is 5.75 Å². The molecular weight excluding hydrogens is 316 g/mol. The van der Waals surface area contributed by atoms with Crippen molar-refractivity contribution in [2.45, 2.75) is 6.54 Å². The standard InChI is InChI=1S/C15H14N4O3S/c16-15(23)18(17-9-12-3-1-2-4-14(12)20)10-11-5-7-13(8-6-11)19(21)22/h1-9,20H,10H2,(H2,16,23)/b17-9+. The number of nitrogens with two attached hydrogens (primary N) is 1. The van der Waals surface area contributed by atoms with Crippen LogP contribution in [0.5, 0.6) is 5.75 Å². The normalized spacial score (nSPS) is 10.6. The lowest BCUT2D eigenvalue weighted by Gasteiger charge is -2.16. The van der Waals surface area contributed by atoms with E-state index in [0.29, 0.717) is 5.56 Å². The molecule has 2 aromatic rings. The molecule has 0 aliphatic rings. The van der Waals surface area contributed by atoms with Gasteiger partial charge in [0.25, 0.3) is 5.69 Å². The molecule has 0 fully saturated rings. The van der Waals surface area contributed by atoms with E-state index in [0.717, 1.165) is 5.56 Å². The highest BCUT2D eigenvalue weighted by atomic mass is 32.1. The van der Waals surface area contributed by atoms with E-state index in [9.17, 15) is 15.2 Å². The van der Waals surface area contributed by atoms with Gasteiger partial charge in [-0.1, -0.05) is 24.3 Å². The SMILES string of the molecule is NC(=S)N(Cc1ccc([N+](=O)[O-])cc1)/N=C/c1ccccc1O. The summed E-state index contributed by atoms with van der Waals surface area (Å²) in [6.07, 6.45) is 1.44. The van der Waals surface area contributed by atoms with Gasteiger partial charge in [0.2, 0.25) is 0 Å². The number of hydrazone groups is 1. The molecule has 2 aromatic carbocycles. The van der Waals surface area contributed by atoms with E-state index in [4.69, 9.17) is 18.0 Å². The minimum absolute atomic E-state index is 0.00772. The lowest BCUT2D eigenvalue weighted by Crippen LogP contribution is -2.30. The molecule has 3 N–H and O–H groups in total. The number of nitrogens with zero attached hydrogens (tertiary/aromatic N) is 3. The Balaban J connectivity index is 2.14. The van der Waals surface area contributed by atoms with Gasteiger partial charge in [-0.25, -0.2) is 5.01 Å². The number of para-hydroxylation sites is 1. The highest BCUT2D eigenvalue weighted by Crippen LogP contribution is 2.15. The fraction of sp³-hybridized carbons (Fsp3) is 0.0667. The lowest BCUT2D eigenvalue weighted by atomic mass is 10.2. The second-order valence-electron chi connectivity index (χ2n) is 4.62. The number of hydrogen-bond acceptors (Lipinski definition) is 5. The molecule has 0 saturated heterocycles. The highest BCUT2D eigenvalue weighted by molar-refractivity contribution is 7.80. The van der Waals surface area contributed by atoms with Crippen LogP contribution >= 0.6 is 12.2 Å². The van der Waals surface area contributed by atoms with Gasteiger partial charge in [0.05, 0.1) is 17.7 Å². The maximum atomic E-state index is 10.6. The van der Waals surface area contributed by atoms with Crippen molar-refractivity contribution in [3.8, 4) is 5.75 Å². The minimum atomic E-state index is -0.467. The Morgan fingerprint density at radius 3 is 2.52 bits per heavy atom. The summed E-state index contributed by atoms with van der Waals surface area (Å²) in [5.74, 6) is 0.0921. The second-order valence-corrected chi connectivity index (χ2v) is 5.04.